The van der Waals surface area contributed by atoms with Gasteiger partial charge in [-0.2, -0.15) is 0 Å². The van der Waals surface area contributed by atoms with E-state index >= 15 is 0 Å². The maximum absolute atomic E-state index is 8.96. The predicted octanol–water partition coefficient (Wildman–Crippen LogP) is 13.6. The molecule has 0 fully saturated rings. The molecule has 7 heteroatoms. The Labute approximate surface area is 343 Å². The molecule has 0 aliphatic heterocycles. The molecular formula is C51H39ClN6. The third-order valence-electron chi connectivity index (χ3n) is 9.87. The number of pyridine rings is 1. The van der Waals surface area contributed by atoms with Gasteiger partial charge in [0.1, 0.15) is 0 Å². The van der Waals surface area contributed by atoms with Crippen molar-refractivity contribution >= 4 is 84.9 Å². The third-order valence-corrected chi connectivity index (χ3v) is 10.1. The Bertz CT molecular complexity index is 2520. The molecule has 1 aliphatic carbocycles. The summed E-state index contributed by atoms with van der Waals surface area (Å²) in [6.07, 6.45) is 5.60. The average molecular weight is 771 g/mol. The molecule has 9 rings (SSSR count). The van der Waals surface area contributed by atoms with Gasteiger partial charge in [0.15, 0.2) is 0 Å². The van der Waals surface area contributed by atoms with E-state index in [0.717, 1.165) is 73.0 Å². The molecule has 1 aliphatic rings. The van der Waals surface area contributed by atoms with Crippen molar-refractivity contribution in [3.8, 4) is 0 Å². The molecular weight excluding hydrogens is 732 g/mol. The molecule has 0 amide bonds. The average Bonchev–Trinajstić information content (AvgIpc) is 3.27. The summed E-state index contributed by atoms with van der Waals surface area (Å²) in [6, 6.07) is 64.9. The molecule has 0 unspecified atom stereocenters. The zero-order valence-electron chi connectivity index (χ0n) is 31.5. The second-order valence-electron chi connectivity index (χ2n) is 13.6. The molecule has 0 radical (unpaired) electrons. The van der Waals surface area contributed by atoms with Gasteiger partial charge in [-0.25, -0.2) is 0 Å². The number of nitrogens with one attached hydrogen (secondary N) is 2. The van der Waals surface area contributed by atoms with Crippen LogP contribution in [0.3, 0.4) is 0 Å². The molecule has 6 nitrogen and oxygen atoms in total. The molecule has 7 aromatic carbocycles. The fraction of sp³-hybridized carbons (Fsp3) is 0. The SMILES string of the molecule is N=C1C(=N)C(c2ccc(N(c3ccccc3)c3ccccc3)cc2)=CC=C1c1ccc(N(c2ccccc2)c2ccccc2)cc1.Nc1ccnc2cc(Cl)ccc12. The molecule has 8 aromatic rings. The summed E-state index contributed by atoms with van der Waals surface area (Å²) in [6.45, 7) is 0. The fourth-order valence-corrected chi connectivity index (χ4v) is 7.18. The highest BCUT2D eigenvalue weighted by atomic mass is 35.5. The van der Waals surface area contributed by atoms with Crippen LogP contribution < -0.4 is 15.5 Å². The van der Waals surface area contributed by atoms with Gasteiger partial charge in [0, 0.05) is 67.6 Å². The van der Waals surface area contributed by atoms with E-state index in [1.807, 2.05) is 121 Å². The van der Waals surface area contributed by atoms with Gasteiger partial charge in [-0.1, -0.05) is 121 Å². The molecule has 280 valence electrons. The van der Waals surface area contributed by atoms with Crippen LogP contribution in [0.4, 0.5) is 39.8 Å². The second-order valence-corrected chi connectivity index (χ2v) is 14.0. The van der Waals surface area contributed by atoms with E-state index in [0.29, 0.717) is 5.02 Å². The van der Waals surface area contributed by atoms with Gasteiger partial charge in [0.05, 0.1) is 16.9 Å². The van der Waals surface area contributed by atoms with Crippen molar-refractivity contribution in [2.24, 2.45) is 0 Å². The summed E-state index contributed by atoms with van der Waals surface area (Å²) in [4.78, 5) is 8.56. The van der Waals surface area contributed by atoms with E-state index in [9.17, 15) is 0 Å². The minimum absolute atomic E-state index is 0.215. The van der Waals surface area contributed by atoms with Crippen LogP contribution in [0.1, 0.15) is 11.1 Å². The zero-order chi connectivity index (χ0) is 39.8. The maximum Gasteiger partial charge on any atom is 0.0873 e. The van der Waals surface area contributed by atoms with Gasteiger partial charge in [0.25, 0.3) is 0 Å². The number of nitrogen functional groups attached to an aromatic ring is 1. The van der Waals surface area contributed by atoms with E-state index in [4.69, 9.17) is 28.2 Å². The van der Waals surface area contributed by atoms with Crippen molar-refractivity contribution in [3.05, 3.63) is 229 Å². The Morgan fingerprint density at radius 3 is 1.17 bits per heavy atom. The van der Waals surface area contributed by atoms with Gasteiger partial charge in [0.2, 0.25) is 0 Å². The van der Waals surface area contributed by atoms with Crippen LogP contribution in [0.25, 0.3) is 22.0 Å². The van der Waals surface area contributed by atoms with Crippen LogP contribution in [0, 0.1) is 10.8 Å². The summed E-state index contributed by atoms with van der Waals surface area (Å²) >= 11 is 5.79. The van der Waals surface area contributed by atoms with Crippen molar-refractivity contribution in [3.63, 3.8) is 0 Å². The van der Waals surface area contributed by atoms with Gasteiger partial charge < -0.3 is 15.5 Å². The monoisotopic (exact) mass is 770 g/mol. The molecule has 58 heavy (non-hydrogen) atoms. The number of hydrogen-bond acceptors (Lipinski definition) is 6. The number of rotatable bonds is 8. The first-order chi connectivity index (χ1) is 28.4. The number of para-hydroxylation sites is 4. The van der Waals surface area contributed by atoms with Crippen LogP contribution in [0.5, 0.6) is 0 Å². The number of anilines is 7. The number of aromatic nitrogens is 1. The summed E-state index contributed by atoms with van der Waals surface area (Å²) in [5, 5.41) is 19.5. The second kappa shape index (κ2) is 17.1. The number of benzene rings is 7. The molecule has 0 spiro atoms. The van der Waals surface area contributed by atoms with Crippen LogP contribution in [0.2, 0.25) is 5.02 Å². The fourth-order valence-electron chi connectivity index (χ4n) is 7.01. The molecule has 0 bridgehead atoms. The van der Waals surface area contributed by atoms with Gasteiger partial charge in [-0.15, -0.1) is 0 Å². The number of hydrogen-bond donors (Lipinski definition) is 3. The summed E-state index contributed by atoms with van der Waals surface area (Å²) < 4.78 is 0. The molecule has 4 N–H and O–H groups in total. The smallest absolute Gasteiger partial charge is 0.0873 e. The lowest BCUT2D eigenvalue weighted by Crippen LogP contribution is -2.19. The molecule has 0 saturated carbocycles. The van der Waals surface area contributed by atoms with Crippen molar-refractivity contribution in [1.29, 1.82) is 10.8 Å². The Hall–Kier alpha value is -7.54. The lowest BCUT2D eigenvalue weighted by molar-refractivity contribution is 1.28. The third kappa shape index (κ3) is 8.05. The first-order valence-electron chi connectivity index (χ1n) is 18.9. The summed E-state index contributed by atoms with van der Waals surface area (Å²) in [5.74, 6) is 0. The minimum Gasteiger partial charge on any atom is -0.398 e. The van der Waals surface area contributed by atoms with Crippen LogP contribution >= 0.6 is 11.6 Å². The Morgan fingerprint density at radius 1 is 0.431 bits per heavy atom. The van der Waals surface area contributed by atoms with E-state index in [-0.39, 0.29) is 11.4 Å². The van der Waals surface area contributed by atoms with Gasteiger partial charge >= 0.3 is 0 Å². The zero-order valence-corrected chi connectivity index (χ0v) is 32.3. The molecule has 0 saturated heterocycles. The van der Waals surface area contributed by atoms with E-state index in [1.54, 1.807) is 18.3 Å². The molecule has 0 atom stereocenters. The molecule has 1 heterocycles. The van der Waals surface area contributed by atoms with Crippen LogP contribution in [-0.4, -0.2) is 16.4 Å². The largest absolute Gasteiger partial charge is 0.398 e. The van der Waals surface area contributed by atoms with Crippen molar-refractivity contribution in [1.82, 2.24) is 4.98 Å². The Morgan fingerprint density at radius 2 is 0.793 bits per heavy atom. The number of fused-ring (bicyclic) bond motifs is 1. The maximum atomic E-state index is 8.96. The number of nitrogens with zero attached hydrogens (tertiary/aromatic N) is 3. The quantitative estimate of drug-likeness (QED) is 0.134. The number of allylic oxidation sites excluding steroid dienone is 4. The van der Waals surface area contributed by atoms with E-state index < -0.39 is 0 Å². The van der Waals surface area contributed by atoms with E-state index in [1.165, 1.54) is 0 Å². The topological polar surface area (TPSA) is 93.1 Å². The Balaban J connectivity index is 0.000000333. The minimum atomic E-state index is 0.215. The highest BCUT2D eigenvalue weighted by Gasteiger charge is 2.22. The van der Waals surface area contributed by atoms with Crippen LogP contribution in [-0.2, 0) is 0 Å². The first kappa shape index (κ1) is 37.4. The number of halogens is 1. The normalized spacial score (nSPS) is 12.2. The lowest BCUT2D eigenvalue weighted by Gasteiger charge is -2.26. The van der Waals surface area contributed by atoms with Crippen molar-refractivity contribution < 1.29 is 0 Å². The van der Waals surface area contributed by atoms with E-state index in [2.05, 4.69) is 87.6 Å². The summed E-state index contributed by atoms with van der Waals surface area (Å²) in [5.41, 5.74) is 17.3. The van der Waals surface area contributed by atoms with Gasteiger partial charge in [-0.3, -0.25) is 15.8 Å². The first-order valence-corrected chi connectivity index (χ1v) is 19.2. The predicted molar refractivity (Wildman–Crippen MR) is 245 cm³/mol. The summed E-state index contributed by atoms with van der Waals surface area (Å²) in [7, 11) is 0. The van der Waals surface area contributed by atoms with Crippen molar-refractivity contribution in [2.45, 2.75) is 0 Å². The molecule has 1 aromatic heterocycles. The van der Waals surface area contributed by atoms with Crippen molar-refractivity contribution in [2.75, 3.05) is 15.5 Å². The van der Waals surface area contributed by atoms with Gasteiger partial charge in [-0.05, 0) is 108 Å². The standard InChI is InChI=1S/C42H32N4.C9H7ClN2/c43-41-39(31-21-25-37(26-22-31)45(33-13-5-1-6-14-33)34-15-7-2-8-16-34)29-30-40(42(41)44)32-23-27-38(28-24-32)46(35-17-9-3-10-18-35)36-19-11-4-12-20-36;10-6-1-2-7-8(11)3-4-12-9(7)5-6/h1-30,43-44H;1-5H,(H2,11,12). The Kier molecular flexibility index (Phi) is 11.0. The van der Waals surface area contributed by atoms with Crippen LogP contribution in [0.15, 0.2) is 212 Å². The highest BCUT2D eigenvalue weighted by Crippen LogP contribution is 2.37. The highest BCUT2D eigenvalue weighted by molar-refractivity contribution is 6.68. The number of nitrogens with two attached hydrogens (primary N) is 1. The lowest BCUT2D eigenvalue weighted by atomic mass is 9.86.